The molecule has 0 radical (unpaired) electrons. The van der Waals surface area contributed by atoms with Gasteiger partial charge in [-0.1, -0.05) is 19.1 Å². The summed E-state index contributed by atoms with van der Waals surface area (Å²) in [4.78, 5) is 53.6. The molecule has 3 fully saturated rings. The second-order valence-electron chi connectivity index (χ2n) is 17.1. The lowest BCUT2D eigenvalue weighted by Crippen LogP contribution is -2.60. The number of aliphatic hydroxyl groups is 10. The number of esters is 4. The van der Waals surface area contributed by atoms with E-state index in [0.29, 0.717) is 0 Å². The van der Waals surface area contributed by atoms with E-state index in [-0.39, 0.29) is 41.2 Å². The van der Waals surface area contributed by atoms with Crippen LogP contribution in [0.25, 0.3) is 0 Å². The molecule has 0 spiro atoms. The zero-order valence-corrected chi connectivity index (χ0v) is 38.1. The molecule has 0 aromatic rings. The number of allylic oxidation sites excluding steroid dienone is 2. The Morgan fingerprint density at radius 3 is 1.51 bits per heavy atom. The fourth-order valence-corrected chi connectivity index (χ4v) is 9.36. The molecule has 0 bridgehead atoms. The van der Waals surface area contributed by atoms with Crippen molar-refractivity contribution in [2.75, 3.05) is 47.3 Å². The van der Waals surface area contributed by atoms with Crippen LogP contribution >= 0.6 is 0 Å². The zero-order chi connectivity index (χ0) is 50.1. The number of rotatable bonds is 18. The standard InChI is InChI=1S/C44H64O24/c1-6-20-22(25(39(57)59-4)16-62-41(20)67-43-37(55)35(53)33(51)28(13-47)65-43)9-30(49)61-15-24-18(3)8-27(32(24)19(11-45)12-46)64-31(50)10-23-21(7-2)42(63-17-26(23)40(58)60-5)68-44-38(56)36(54)34(52)29(14-48)66-44/h6-7,16-19,22-24,27-29,32-38,41-48,51-56H,8-15H2,1-5H3. The molecule has 2 saturated heterocycles. The Morgan fingerprint density at radius 1 is 0.676 bits per heavy atom. The molecule has 0 aromatic carbocycles. The number of methoxy groups -OCH3 is 2. The number of ether oxygens (including phenoxy) is 10. The Bertz CT molecular complexity index is 1860. The Balaban J connectivity index is 1.29. The second kappa shape index (κ2) is 24.6. The molecule has 1 saturated carbocycles. The quantitative estimate of drug-likeness (QED) is 0.0365. The van der Waals surface area contributed by atoms with Crippen molar-refractivity contribution in [2.45, 2.75) is 120 Å². The third kappa shape index (κ3) is 11.9. The summed E-state index contributed by atoms with van der Waals surface area (Å²) < 4.78 is 55.5. The fraction of sp³-hybridized carbons (Fsp3) is 0.727. The Morgan fingerprint density at radius 2 is 1.12 bits per heavy atom. The molecule has 5 aliphatic rings. The van der Waals surface area contributed by atoms with Crippen molar-refractivity contribution in [2.24, 2.45) is 35.5 Å². The number of carbonyl (C=O) groups excluding carboxylic acids is 4. The Labute approximate surface area is 390 Å². The molecule has 18 atom stereocenters. The predicted octanol–water partition coefficient (Wildman–Crippen LogP) is -3.32. The normalized spacial score (nSPS) is 38.5. The lowest BCUT2D eigenvalue weighted by molar-refractivity contribution is -0.327. The summed E-state index contributed by atoms with van der Waals surface area (Å²) in [5.74, 6) is -8.16. The highest BCUT2D eigenvalue weighted by Crippen LogP contribution is 2.45. The lowest BCUT2D eigenvalue weighted by atomic mass is 9.81. The monoisotopic (exact) mass is 976 g/mol. The molecule has 4 aliphatic heterocycles. The van der Waals surface area contributed by atoms with Gasteiger partial charge in [0.2, 0.25) is 12.6 Å². The van der Waals surface area contributed by atoms with E-state index in [2.05, 4.69) is 0 Å². The van der Waals surface area contributed by atoms with Crippen LogP contribution in [0.15, 0.2) is 47.0 Å². The summed E-state index contributed by atoms with van der Waals surface area (Å²) >= 11 is 0. The molecule has 24 heteroatoms. The van der Waals surface area contributed by atoms with Crippen molar-refractivity contribution < 1.29 is 118 Å². The van der Waals surface area contributed by atoms with Gasteiger partial charge in [0, 0.05) is 53.9 Å². The summed E-state index contributed by atoms with van der Waals surface area (Å²) in [6, 6.07) is 0. The molecule has 0 aromatic heterocycles. The van der Waals surface area contributed by atoms with Gasteiger partial charge >= 0.3 is 23.9 Å². The third-order valence-corrected chi connectivity index (χ3v) is 13.2. The molecule has 1 aliphatic carbocycles. The van der Waals surface area contributed by atoms with Crippen LogP contribution in [-0.2, 0) is 66.5 Å². The maximum absolute atomic E-state index is 13.9. The van der Waals surface area contributed by atoms with Crippen LogP contribution in [0.3, 0.4) is 0 Å². The van der Waals surface area contributed by atoms with Crippen molar-refractivity contribution in [3.8, 4) is 0 Å². The minimum atomic E-state index is -1.80. The summed E-state index contributed by atoms with van der Waals surface area (Å²) in [5.41, 5.74) is 0.144. The van der Waals surface area contributed by atoms with Gasteiger partial charge < -0.3 is 98.4 Å². The Hall–Kier alpha value is -4.12. The maximum atomic E-state index is 13.9. The van der Waals surface area contributed by atoms with Gasteiger partial charge in [-0.25, -0.2) is 9.59 Å². The average Bonchev–Trinajstić information content (AvgIpc) is 3.63. The number of carbonyl (C=O) groups is 4. The van der Waals surface area contributed by atoms with Gasteiger partial charge in [-0.2, -0.15) is 0 Å². The van der Waals surface area contributed by atoms with Crippen LogP contribution in [0.1, 0.15) is 40.0 Å². The molecule has 68 heavy (non-hydrogen) atoms. The molecule has 24 nitrogen and oxygen atoms in total. The summed E-state index contributed by atoms with van der Waals surface area (Å²) in [6.07, 6.45) is -16.0. The van der Waals surface area contributed by atoms with Crippen LogP contribution in [-0.4, -0.2) is 202 Å². The first-order chi connectivity index (χ1) is 32.4. The highest BCUT2D eigenvalue weighted by Gasteiger charge is 2.51. The molecule has 5 rings (SSSR count). The van der Waals surface area contributed by atoms with Crippen molar-refractivity contribution in [1.29, 1.82) is 0 Å². The van der Waals surface area contributed by atoms with Crippen molar-refractivity contribution in [3.05, 3.63) is 47.0 Å². The minimum Gasteiger partial charge on any atom is -0.468 e. The molecule has 0 amide bonds. The molecule has 384 valence electrons. The largest absolute Gasteiger partial charge is 0.468 e. The Kier molecular flexibility index (Phi) is 19.9. The smallest absolute Gasteiger partial charge is 0.337 e. The van der Waals surface area contributed by atoms with E-state index in [0.717, 1.165) is 26.7 Å². The first kappa shape index (κ1) is 54.8. The minimum absolute atomic E-state index is 0.103. The topological polar surface area (TPSA) is 363 Å². The highest BCUT2D eigenvalue weighted by atomic mass is 16.8. The lowest BCUT2D eigenvalue weighted by Gasteiger charge is -2.42. The number of aliphatic hydroxyl groups excluding tert-OH is 10. The highest BCUT2D eigenvalue weighted by molar-refractivity contribution is 5.91. The van der Waals surface area contributed by atoms with Crippen LogP contribution in [0.4, 0.5) is 0 Å². The van der Waals surface area contributed by atoms with Crippen molar-refractivity contribution >= 4 is 23.9 Å². The fourth-order valence-electron chi connectivity index (χ4n) is 9.36. The average molecular weight is 977 g/mol. The van der Waals surface area contributed by atoms with Crippen LogP contribution in [0, 0.1) is 35.5 Å². The third-order valence-electron chi connectivity index (χ3n) is 13.2. The van der Waals surface area contributed by atoms with Crippen LogP contribution in [0.2, 0.25) is 0 Å². The van der Waals surface area contributed by atoms with E-state index in [1.807, 2.05) is 0 Å². The van der Waals surface area contributed by atoms with Crippen molar-refractivity contribution in [3.63, 3.8) is 0 Å². The summed E-state index contributed by atoms with van der Waals surface area (Å²) in [5, 5.41) is 102. The van der Waals surface area contributed by atoms with Crippen molar-refractivity contribution in [1.82, 2.24) is 0 Å². The summed E-state index contributed by atoms with van der Waals surface area (Å²) in [7, 11) is 2.23. The van der Waals surface area contributed by atoms with E-state index in [1.165, 1.54) is 12.2 Å². The first-order valence-electron chi connectivity index (χ1n) is 22.1. The zero-order valence-electron chi connectivity index (χ0n) is 38.1. The van der Waals surface area contributed by atoms with Gasteiger partial charge in [0.25, 0.3) is 0 Å². The number of hydrogen-bond acceptors (Lipinski definition) is 24. The molecule has 10 N–H and O–H groups in total. The van der Waals surface area contributed by atoms with E-state index in [4.69, 9.17) is 47.4 Å². The van der Waals surface area contributed by atoms with Gasteiger partial charge in [0.1, 0.15) is 54.9 Å². The van der Waals surface area contributed by atoms with Gasteiger partial charge in [-0.15, -0.1) is 0 Å². The van der Waals surface area contributed by atoms with Gasteiger partial charge in [-0.3, -0.25) is 9.59 Å². The summed E-state index contributed by atoms with van der Waals surface area (Å²) in [6.45, 7) is 2.07. The maximum Gasteiger partial charge on any atom is 0.337 e. The molecular formula is C44H64O24. The van der Waals surface area contributed by atoms with E-state index < -0.39 is 173 Å². The van der Waals surface area contributed by atoms with Gasteiger partial charge in [0.05, 0.1) is 70.6 Å². The van der Waals surface area contributed by atoms with Gasteiger partial charge in [0.15, 0.2) is 12.6 Å². The SMILES string of the molecule is CC=C1C(OC2OC(CO)C(O)C(O)C2O)OC=C(C(=O)OC)C1CC(=O)OCC1C(C)CC(OC(=O)CC2C(C(=O)OC)=COC(OC3OC(CO)C(O)C(O)C3O)C2=CC)C1C(CO)CO. The van der Waals surface area contributed by atoms with Crippen LogP contribution < -0.4 is 0 Å². The van der Waals surface area contributed by atoms with E-state index in [1.54, 1.807) is 20.8 Å². The van der Waals surface area contributed by atoms with E-state index >= 15 is 0 Å². The van der Waals surface area contributed by atoms with Crippen LogP contribution in [0.5, 0.6) is 0 Å². The number of hydrogen-bond donors (Lipinski definition) is 10. The molecule has 4 heterocycles. The van der Waals surface area contributed by atoms with E-state index in [9.17, 15) is 70.2 Å². The predicted molar refractivity (Wildman–Crippen MR) is 223 cm³/mol. The van der Waals surface area contributed by atoms with Gasteiger partial charge in [-0.05, 0) is 26.2 Å². The molecular weight excluding hydrogens is 912 g/mol. The second-order valence-corrected chi connectivity index (χ2v) is 17.1. The first-order valence-corrected chi connectivity index (χ1v) is 22.1. The molecule has 18 unspecified atom stereocenters.